The van der Waals surface area contributed by atoms with Gasteiger partial charge >= 0.3 is 0 Å². The van der Waals surface area contributed by atoms with Crippen LogP contribution in [0.15, 0.2) is 35.4 Å². The molecule has 1 fully saturated rings. The van der Waals surface area contributed by atoms with Gasteiger partial charge in [0.15, 0.2) is 0 Å². The minimum absolute atomic E-state index is 0.0371. The highest BCUT2D eigenvalue weighted by atomic mass is 16.2. The normalized spacial score (nSPS) is 22.4. The van der Waals surface area contributed by atoms with Crippen LogP contribution >= 0.6 is 0 Å². The number of nitrogens with zero attached hydrogens (tertiary/aromatic N) is 1. The average molecular weight is 216 g/mol. The Kier molecular flexibility index (Phi) is 3.04. The highest BCUT2D eigenvalue weighted by Crippen LogP contribution is 2.47. The SMILES string of the molecule is CC(C)=NNC(=O)[C@@H]1C[C@@H]1c1ccccc1. The second kappa shape index (κ2) is 4.47. The van der Waals surface area contributed by atoms with Crippen molar-refractivity contribution in [2.24, 2.45) is 11.0 Å². The first-order chi connectivity index (χ1) is 7.68. The third kappa shape index (κ3) is 2.48. The molecule has 84 valence electrons. The molecule has 1 amide bonds. The minimum atomic E-state index is 0.0371. The van der Waals surface area contributed by atoms with Crippen LogP contribution < -0.4 is 5.43 Å². The molecule has 0 heterocycles. The maximum atomic E-state index is 11.7. The fourth-order valence-electron chi connectivity index (χ4n) is 1.80. The number of hydrazone groups is 1. The number of hydrogen-bond donors (Lipinski definition) is 1. The summed E-state index contributed by atoms with van der Waals surface area (Å²) in [4.78, 5) is 11.7. The van der Waals surface area contributed by atoms with E-state index in [0.717, 1.165) is 12.1 Å². The Bertz CT molecular complexity index is 407. The summed E-state index contributed by atoms with van der Waals surface area (Å²) < 4.78 is 0. The Hall–Kier alpha value is -1.64. The summed E-state index contributed by atoms with van der Waals surface area (Å²) in [5, 5.41) is 3.93. The molecule has 1 aliphatic carbocycles. The summed E-state index contributed by atoms with van der Waals surface area (Å²) >= 11 is 0. The highest BCUT2D eigenvalue weighted by molar-refractivity contribution is 5.85. The predicted octanol–water partition coefficient (Wildman–Crippen LogP) is 2.30. The van der Waals surface area contributed by atoms with E-state index in [9.17, 15) is 4.79 Å². The van der Waals surface area contributed by atoms with Crippen molar-refractivity contribution in [2.45, 2.75) is 26.2 Å². The van der Waals surface area contributed by atoms with E-state index in [-0.39, 0.29) is 11.8 Å². The van der Waals surface area contributed by atoms with E-state index in [2.05, 4.69) is 22.7 Å². The summed E-state index contributed by atoms with van der Waals surface area (Å²) in [7, 11) is 0. The number of nitrogens with one attached hydrogen (secondary N) is 1. The molecule has 1 N–H and O–H groups in total. The van der Waals surface area contributed by atoms with Crippen molar-refractivity contribution in [3.63, 3.8) is 0 Å². The molecule has 0 saturated heterocycles. The van der Waals surface area contributed by atoms with Gasteiger partial charge in [0.2, 0.25) is 5.91 Å². The summed E-state index contributed by atoms with van der Waals surface area (Å²) in [6, 6.07) is 10.2. The number of rotatable bonds is 3. The average Bonchev–Trinajstić information content (AvgIpc) is 3.07. The Morgan fingerprint density at radius 3 is 2.62 bits per heavy atom. The van der Waals surface area contributed by atoms with Crippen LogP contribution in [0.2, 0.25) is 0 Å². The highest BCUT2D eigenvalue weighted by Gasteiger charge is 2.43. The molecule has 1 aromatic rings. The van der Waals surface area contributed by atoms with E-state index in [1.165, 1.54) is 5.56 Å². The summed E-state index contributed by atoms with van der Waals surface area (Å²) in [5.41, 5.74) is 4.71. The molecule has 1 saturated carbocycles. The first-order valence-electron chi connectivity index (χ1n) is 5.54. The molecule has 0 aromatic heterocycles. The number of hydrogen-bond acceptors (Lipinski definition) is 2. The molecule has 0 radical (unpaired) electrons. The van der Waals surface area contributed by atoms with E-state index in [0.29, 0.717) is 5.92 Å². The van der Waals surface area contributed by atoms with Crippen molar-refractivity contribution in [1.29, 1.82) is 0 Å². The summed E-state index contributed by atoms with van der Waals surface area (Å²) in [6.45, 7) is 3.73. The molecule has 2 rings (SSSR count). The molecule has 2 atom stereocenters. The number of carbonyl (C=O) groups is 1. The van der Waals surface area contributed by atoms with Crippen LogP contribution in [0.4, 0.5) is 0 Å². The Morgan fingerprint density at radius 2 is 2.00 bits per heavy atom. The third-order valence-corrected chi connectivity index (χ3v) is 2.74. The van der Waals surface area contributed by atoms with Gasteiger partial charge in [-0.15, -0.1) is 0 Å². The zero-order chi connectivity index (χ0) is 11.5. The quantitative estimate of drug-likeness (QED) is 0.611. The van der Waals surface area contributed by atoms with Crippen molar-refractivity contribution in [3.05, 3.63) is 35.9 Å². The molecule has 1 aliphatic rings. The van der Waals surface area contributed by atoms with Crippen molar-refractivity contribution in [1.82, 2.24) is 5.43 Å². The van der Waals surface area contributed by atoms with Crippen molar-refractivity contribution < 1.29 is 4.79 Å². The Labute approximate surface area is 95.6 Å². The monoisotopic (exact) mass is 216 g/mol. The van der Waals surface area contributed by atoms with Crippen LogP contribution in [0.5, 0.6) is 0 Å². The van der Waals surface area contributed by atoms with E-state index >= 15 is 0 Å². The van der Waals surface area contributed by atoms with Gasteiger partial charge in [-0.05, 0) is 31.7 Å². The van der Waals surface area contributed by atoms with Gasteiger partial charge < -0.3 is 0 Å². The fraction of sp³-hybridized carbons (Fsp3) is 0.385. The van der Waals surface area contributed by atoms with Gasteiger partial charge in [-0.3, -0.25) is 4.79 Å². The first-order valence-corrected chi connectivity index (χ1v) is 5.54. The smallest absolute Gasteiger partial charge is 0.243 e. The summed E-state index contributed by atoms with van der Waals surface area (Å²) in [6.07, 6.45) is 0.939. The lowest BCUT2D eigenvalue weighted by molar-refractivity contribution is -0.122. The molecule has 0 bridgehead atoms. The van der Waals surface area contributed by atoms with E-state index in [4.69, 9.17) is 0 Å². The van der Waals surface area contributed by atoms with Crippen molar-refractivity contribution in [3.8, 4) is 0 Å². The number of carbonyl (C=O) groups excluding carboxylic acids is 1. The largest absolute Gasteiger partial charge is 0.273 e. The van der Waals surface area contributed by atoms with Crippen LogP contribution in [0.1, 0.15) is 31.7 Å². The van der Waals surface area contributed by atoms with Crippen LogP contribution in [-0.4, -0.2) is 11.6 Å². The second-order valence-electron chi connectivity index (χ2n) is 4.39. The van der Waals surface area contributed by atoms with Gasteiger partial charge in [0.05, 0.1) is 0 Å². The molecular weight excluding hydrogens is 200 g/mol. The Morgan fingerprint density at radius 1 is 1.31 bits per heavy atom. The predicted molar refractivity (Wildman–Crippen MR) is 64.2 cm³/mol. The fourth-order valence-corrected chi connectivity index (χ4v) is 1.80. The number of amides is 1. The van der Waals surface area contributed by atoms with Crippen LogP contribution in [0.25, 0.3) is 0 Å². The Balaban J connectivity index is 1.92. The lowest BCUT2D eigenvalue weighted by atomic mass is 10.1. The maximum Gasteiger partial charge on any atom is 0.243 e. The van der Waals surface area contributed by atoms with Gasteiger partial charge in [0.1, 0.15) is 0 Å². The maximum absolute atomic E-state index is 11.7. The molecule has 3 nitrogen and oxygen atoms in total. The third-order valence-electron chi connectivity index (χ3n) is 2.74. The molecule has 3 heteroatoms. The van der Waals surface area contributed by atoms with E-state index in [1.807, 2.05) is 32.0 Å². The van der Waals surface area contributed by atoms with Gasteiger partial charge in [-0.1, -0.05) is 30.3 Å². The molecular formula is C13H16N2O. The molecule has 1 aromatic carbocycles. The van der Waals surface area contributed by atoms with Gasteiger partial charge in [-0.25, -0.2) is 5.43 Å². The van der Waals surface area contributed by atoms with E-state index < -0.39 is 0 Å². The van der Waals surface area contributed by atoms with E-state index in [1.54, 1.807) is 0 Å². The number of benzene rings is 1. The standard InChI is InChI=1S/C13H16N2O/c1-9(2)14-15-13(16)12-8-11(12)10-6-4-3-5-7-10/h3-7,11-12H,8H2,1-2H3,(H,15,16)/t11-,12-/m1/s1. The van der Waals surface area contributed by atoms with Gasteiger partial charge in [-0.2, -0.15) is 5.10 Å². The van der Waals surface area contributed by atoms with Crippen molar-refractivity contribution >= 4 is 11.6 Å². The zero-order valence-electron chi connectivity index (χ0n) is 9.60. The van der Waals surface area contributed by atoms with Gasteiger partial charge in [0.25, 0.3) is 0 Å². The van der Waals surface area contributed by atoms with Crippen molar-refractivity contribution in [2.75, 3.05) is 0 Å². The second-order valence-corrected chi connectivity index (χ2v) is 4.39. The lowest BCUT2D eigenvalue weighted by Gasteiger charge is -2.00. The minimum Gasteiger partial charge on any atom is -0.273 e. The molecule has 16 heavy (non-hydrogen) atoms. The van der Waals surface area contributed by atoms with Gasteiger partial charge in [0, 0.05) is 11.6 Å². The van der Waals surface area contributed by atoms with Crippen LogP contribution in [-0.2, 0) is 4.79 Å². The topological polar surface area (TPSA) is 41.5 Å². The summed E-state index contributed by atoms with van der Waals surface area (Å²) in [5.74, 6) is 0.522. The molecule has 0 aliphatic heterocycles. The first kappa shape index (κ1) is 10.9. The molecule has 0 spiro atoms. The zero-order valence-corrected chi connectivity index (χ0v) is 9.60. The van der Waals surface area contributed by atoms with Crippen LogP contribution in [0.3, 0.4) is 0 Å². The molecule has 0 unspecified atom stereocenters. The lowest BCUT2D eigenvalue weighted by Crippen LogP contribution is -2.20. The van der Waals surface area contributed by atoms with Crippen LogP contribution in [0, 0.1) is 5.92 Å².